The lowest BCUT2D eigenvalue weighted by atomic mass is 10.1. The van der Waals surface area contributed by atoms with Gasteiger partial charge in [0.05, 0.1) is 5.54 Å². The Bertz CT molecular complexity index is 812. The highest BCUT2D eigenvalue weighted by molar-refractivity contribution is 5.92. The van der Waals surface area contributed by atoms with Crippen LogP contribution in [0.2, 0.25) is 0 Å². The predicted octanol–water partition coefficient (Wildman–Crippen LogP) is 3.05. The molecule has 25 heavy (non-hydrogen) atoms. The van der Waals surface area contributed by atoms with Gasteiger partial charge < -0.3 is 10.6 Å². The standard InChI is InChI=1S/C20H26N4O/c1-20(2,3)24-18(14-6-7-14)9-17(23-24)19(25)22-10-13-4-5-15-11-21-12-16(15)8-13/h4-5,8-9,14,21H,6-7,10-12H2,1-3H3,(H,22,25). The number of fused-ring (bicyclic) bond motifs is 1. The largest absolute Gasteiger partial charge is 0.347 e. The average molecular weight is 338 g/mol. The molecule has 1 fully saturated rings. The zero-order valence-electron chi connectivity index (χ0n) is 15.2. The van der Waals surface area contributed by atoms with E-state index in [0.717, 1.165) is 18.7 Å². The Labute approximate surface area is 148 Å². The van der Waals surface area contributed by atoms with Gasteiger partial charge in [0, 0.05) is 31.2 Å². The first-order valence-electron chi connectivity index (χ1n) is 9.12. The van der Waals surface area contributed by atoms with Crippen LogP contribution in [0.1, 0.15) is 72.4 Å². The molecule has 0 spiro atoms. The first-order chi connectivity index (χ1) is 11.9. The number of nitrogens with zero attached hydrogens (tertiary/aromatic N) is 2. The SMILES string of the molecule is CC(C)(C)n1nc(C(=O)NCc2ccc3c(c2)CNC3)cc1C1CC1. The predicted molar refractivity (Wildman–Crippen MR) is 97.4 cm³/mol. The topological polar surface area (TPSA) is 59.0 Å². The molecule has 0 radical (unpaired) electrons. The fourth-order valence-electron chi connectivity index (χ4n) is 3.44. The number of carbonyl (C=O) groups is 1. The van der Waals surface area contributed by atoms with Gasteiger partial charge in [-0.15, -0.1) is 0 Å². The lowest BCUT2D eigenvalue weighted by Gasteiger charge is -2.22. The quantitative estimate of drug-likeness (QED) is 0.901. The Kier molecular flexibility index (Phi) is 3.91. The van der Waals surface area contributed by atoms with Crippen LogP contribution in [-0.4, -0.2) is 15.7 Å². The van der Waals surface area contributed by atoms with Gasteiger partial charge in [-0.2, -0.15) is 5.10 Å². The third-order valence-electron chi connectivity index (χ3n) is 4.96. The fraction of sp³-hybridized carbons (Fsp3) is 0.500. The summed E-state index contributed by atoms with van der Waals surface area (Å²) in [5, 5.41) is 11.0. The Morgan fingerprint density at radius 2 is 2.00 bits per heavy atom. The number of nitrogens with one attached hydrogen (secondary N) is 2. The van der Waals surface area contributed by atoms with Crippen LogP contribution in [0.5, 0.6) is 0 Å². The number of benzene rings is 1. The Hall–Kier alpha value is -2.14. The van der Waals surface area contributed by atoms with Gasteiger partial charge in [-0.25, -0.2) is 0 Å². The number of amides is 1. The maximum atomic E-state index is 12.6. The molecule has 1 saturated carbocycles. The molecule has 5 nitrogen and oxygen atoms in total. The number of carbonyl (C=O) groups excluding carboxylic acids is 1. The van der Waals surface area contributed by atoms with Crippen molar-refractivity contribution in [2.75, 3.05) is 0 Å². The zero-order chi connectivity index (χ0) is 17.6. The third-order valence-corrected chi connectivity index (χ3v) is 4.96. The van der Waals surface area contributed by atoms with Crippen molar-refractivity contribution in [2.24, 2.45) is 0 Å². The van der Waals surface area contributed by atoms with Crippen LogP contribution in [0, 0.1) is 0 Å². The highest BCUT2D eigenvalue weighted by Crippen LogP contribution is 2.41. The van der Waals surface area contributed by atoms with E-state index in [1.165, 1.54) is 29.7 Å². The van der Waals surface area contributed by atoms with Crippen molar-refractivity contribution < 1.29 is 4.79 Å². The summed E-state index contributed by atoms with van der Waals surface area (Å²) in [6, 6.07) is 8.40. The first kappa shape index (κ1) is 16.3. The van der Waals surface area contributed by atoms with Crippen LogP contribution in [0.25, 0.3) is 0 Å². The summed E-state index contributed by atoms with van der Waals surface area (Å²) in [4.78, 5) is 12.6. The van der Waals surface area contributed by atoms with Crippen molar-refractivity contribution in [3.8, 4) is 0 Å². The number of hydrogen-bond acceptors (Lipinski definition) is 3. The van der Waals surface area contributed by atoms with Gasteiger partial charge in [0.25, 0.3) is 5.91 Å². The molecule has 4 rings (SSSR count). The molecule has 2 N–H and O–H groups in total. The molecule has 5 heteroatoms. The lowest BCUT2D eigenvalue weighted by molar-refractivity contribution is 0.0944. The van der Waals surface area contributed by atoms with Gasteiger partial charge in [0.15, 0.2) is 0 Å². The number of aromatic nitrogens is 2. The van der Waals surface area contributed by atoms with Crippen LogP contribution in [0.3, 0.4) is 0 Å². The van der Waals surface area contributed by atoms with Crippen molar-refractivity contribution in [1.82, 2.24) is 20.4 Å². The van der Waals surface area contributed by atoms with Crippen LogP contribution < -0.4 is 10.6 Å². The summed E-state index contributed by atoms with van der Waals surface area (Å²) >= 11 is 0. The molecule has 0 saturated heterocycles. The smallest absolute Gasteiger partial charge is 0.272 e. The summed E-state index contributed by atoms with van der Waals surface area (Å²) in [6.45, 7) is 8.78. The van der Waals surface area contributed by atoms with Crippen molar-refractivity contribution in [3.63, 3.8) is 0 Å². The van der Waals surface area contributed by atoms with E-state index in [9.17, 15) is 4.79 Å². The summed E-state index contributed by atoms with van der Waals surface area (Å²) in [5.74, 6) is 0.473. The monoisotopic (exact) mass is 338 g/mol. The molecule has 1 aromatic carbocycles. The molecule has 1 amide bonds. The second kappa shape index (κ2) is 5.99. The summed E-state index contributed by atoms with van der Waals surface area (Å²) in [7, 11) is 0. The van der Waals surface area contributed by atoms with Crippen molar-refractivity contribution in [1.29, 1.82) is 0 Å². The van der Waals surface area contributed by atoms with E-state index in [2.05, 4.69) is 54.7 Å². The van der Waals surface area contributed by atoms with Gasteiger partial charge in [-0.1, -0.05) is 18.2 Å². The van der Waals surface area contributed by atoms with Crippen molar-refractivity contribution in [2.45, 2.75) is 64.7 Å². The molecule has 0 atom stereocenters. The molecule has 2 aliphatic rings. The Balaban J connectivity index is 1.48. The van der Waals surface area contributed by atoms with Crippen molar-refractivity contribution in [3.05, 3.63) is 52.3 Å². The van der Waals surface area contributed by atoms with Crippen molar-refractivity contribution >= 4 is 5.91 Å². The van der Waals surface area contributed by atoms with E-state index in [4.69, 9.17) is 0 Å². The zero-order valence-corrected chi connectivity index (χ0v) is 15.2. The average Bonchev–Trinajstić information content (AvgIpc) is 3.13. The van der Waals surface area contributed by atoms with Gasteiger partial charge in [-0.05, 0) is 56.4 Å². The summed E-state index contributed by atoms with van der Waals surface area (Å²) < 4.78 is 2.03. The van der Waals surface area contributed by atoms with Gasteiger partial charge in [0.1, 0.15) is 5.69 Å². The van der Waals surface area contributed by atoms with Crippen LogP contribution in [0.15, 0.2) is 24.3 Å². The maximum Gasteiger partial charge on any atom is 0.272 e. The Morgan fingerprint density at radius 1 is 1.24 bits per heavy atom. The minimum Gasteiger partial charge on any atom is -0.347 e. The van der Waals surface area contributed by atoms with Crippen LogP contribution >= 0.6 is 0 Å². The highest BCUT2D eigenvalue weighted by Gasteiger charge is 2.32. The van der Waals surface area contributed by atoms with E-state index in [-0.39, 0.29) is 11.4 Å². The molecular formula is C20H26N4O. The molecule has 2 aromatic rings. The highest BCUT2D eigenvalue weighted by atomic mass is 16.1. The summed E-state index contributed by atoms with van der Waals surface area (Å²) in [5.41, 5.74) is 5.44. The van der Waals surface area contributed by atoms with E-state index in [1.807, 2.05) is 10.7 Å². The minimum atomic E-state index is -0.108. The van der Waals surface area contributed by atoms with Gasteiger partial charge >= 0.3 is 0 Å². The Morgan fingerprint density at radius 3 is 2.72 bits per heavy atom. The normalized spacial score (nSPS) is 16.8. The van der Waals surface area contributed by atoms with E-state index < -0.39 is 0 Å². The van der Waals surface area contributed by atoms with Crippen LogP contribution in [0.4, 0.5) is 0 Å². The molecule has 0 bridgehead atoms. The van der Waals surface area contributed by atoms with Gasteiger partial charge in [-0.3, -0.25) is 9.48 Å². The fourth-order valence-corrected chi connectivity index (χ4v) is 3.44. The van der Waals surface area contributed by atoms with Gasteiger partial charge in [0.2, 0.25) is 0 Å². The molecular weight excluding hydrogens is 312 g/mol. The molecule has 0 unspecified atom stereocenters. The molecule has 1 aromatic heterocycles. The molecule has 132 valence electrons. The number of hydrogen-bond donors (Lipinski definition) is 2. The summed E-state index contributed by atoms with van der Waals surface area (Å²) in [6.07, 6.45) is 2.40. The molecule has 1 aliphatic carbocycles. The van der Waals surface area contributed by atoms with E-state index in [0.29, 0.717) is 18.2 Å². The first-order valence-corrected chi connectivity index (χ1v) is 9.12. The lowest BCUT2D eigenvalue weighted by Crippen LogP contribution is -2.27. The van der Waals surface area contributed by atoms with Crippen LogP contribution in [-0.2, 0) is 25.2 Å². The second-order valence-electron chi connectivity index (χ2n) is 8.20. The molecule has 1 aliphatic heterocycles. The second-order valence-corrected chi connectivity index (χ2v) is 8.20. The number of rotatable bonds is 4. The maximum absolute atomic E-state index is 12.6. The van der Waals surface area contributed by atoms with E-state index in [1.54, 1.807) is 0 Å². The third kappa shape index (κ3) is 3.33. The molecule has 2 heterocycles. The van der Waals surface area contributed by atoms with E-state index >= 15 is 0 Å². The minimum absolute atomic E-state index is 0.0940.